The largest absolute Gasteiger partial charge is 0.294 e. The number of allylic oxidation sites excluding steroid dienone is 1. The minimum atomic E-state index is -4.15. The molecule has 0 spiro atoms. The summed E-state index contributed by atoms with van der Waals surface area (Å²) in [6, 6.07) is 27.4. The van der Waals surface area contributed by atoms with E-state index in [0.29, 0.717) is 11.1 Å². The van der Waals surface area contributed by atoms with E-state index >= 15 is 0 Å². The average Bonchev–Trinajstić information content (AvgIpc) is 2.95. The minimum absolute atomic E-state index is 0.000369. The first-order chi connectivity index (χ1) is 18.7. The van der Waals surface area contributed by atoms with E-state index in [1.54, 1.807) is 78.9 Å². The van der Waals surface area contributed by atoms with Crippen LogP contribution >= 0.6 is 0 Å². The second-order valence-corrected chi connectivity index (χ2v) is 11.0. The van der Waals surface area contributed by atoms with Gasteiger partial charge in [0.2, 0.25) is 10.0 Å². The molecule has 2 atom stereocenters. The van der Waals surface area contributed by atoms with E-state index in [0.717, 1.165) is 5.56 Å². The van der Waals surface area contributed by atoms with Crippen LogP contribution in [0, 0.1) is 18.7 Å². The number of carbonyl (C=O) groups is 2. The van der Waals surface area contributed by atoms with E-state index in [1.807, 2.05) is 6.92 Å². The van der Waals surface area contributed by atoms with Crippen LogP contribution in [0.1, 0.15) is 44.3 Å². The summed E-state index contributed by atoms with van der Waals surface area (Å²) in [4.78, 5) is 27.1. The molecule has 4 aromatic carbocycles. The lowest BCUT2D eigenvalue weighted by molar-refractivity contribution is 0.0891. The van der Waals surface area contributed by atoms with Crippen molar-refractivity contribution in [2.24, 2.45) is 5.92 Å². The Bertz CT molecular complexity index is 1580. The number of ketones is 2. The first-order valence-corrected chi connectivity index (χ1v) is 13.9. The number of aryl methyl sites for hydroxylation is 1. The van der Waals surface area contributed by atoms with Crippen molar-refractivity contribution in [2.75, 3.05) is 0 Å². The van der Waals surface area contributed by atoms with Crippen LogP contribution < -0.4 is 4.72 Å². The number of nitrogens with one attached hydrogen (secondary N) is 1. The van der Waals surface area contributed by atoms with Crippen molar-refractivity contribution in [3.63, 3.8) is 0 Å². The Labute approximate surface area is 228 Å². The van der Waals surface area contributed by atoms with Gasteiger partial charge in [-0.05, 0) is 48.7 Å². The SMILES string of the molecule is C=C(C[C@@H](C(=O)c1ccccc1)[C@H](NS(=O)(=O)c1ccc(C)cc1)c1cccc(F)c1)C(=O)c1ccccc1. The summed E-state index contributed by atoms with van der Waals surface area (Å²) in [6.45, 7) is 5.79. The number of carbonyl (C=O) groups excluding carboxylic acids is 2. The highest BCUT2D eigenvalue weighted by atomic mass is 32.2. The minimum Gasteiger partial charge on any atom is -0.294 e. The summed E-state index contributed by atoms with van der Waals surface area (Å²) >= 11 is 0. The maximum absolute atomic E-state index is 14.4. The molecule has 0 unspecified atom stereocenters. The topological polar surface area (TPSA) is 80.3 Å². The van der Waals surface area contributed by atoms with Gasteiger partial charge in [-0.1, -0.05) is 97.1 Å². The van der Waals surface area contributed by atoms with Gasteiger partial charge in [0, 0.05) is 17.0 Å². The number of halogens is 1. The van der Waals surface area contributed by atoms with Gasteiger partial charge in [0.15, 0.2) is 11.6 Å². The smallest absolute Gasteiger partial charge is 0.241 e. The Kier molecular flexibility index (Phi) is 8.64. The van der Waals surface area contributed by atoms with E-state index in [-0.39, 0.29) is 28.2 Å². The molecule has 0 fully saturated rings. The lowest BCUT2D eigenvalue weighted by Gasteiger charge is -2.28. The molecule has 0 aliphatic heterocycles. The van der Waals surface area contributed by atoms with Crippen LogP contribution in [0.4, 0.5) is 4.39 Å². The third-order valence-electron chi connectivity index (χ3n) is 6.44. The van der Waals surface area contributed by atoms with Crippen LogP contribution in [0.15, 0.2) is 126 Å². The van der Waals surface area contributed by atoms with Gasteiger partial charge in [-0.2, -0.15) is 0 Å². The molecule has 0 saturated heterocycles. The Morgan fingerprint density at radius 2 is 1.41 bits per heavy atom. The summed E-state index contributed by atoms with van der Waals surface area (Å²) in [5.74, 6) is -2.45. The molecule has 0 aromatic heterocycles. The second-order valence-electron chi connectivity index (χ2n) is 9.31. The number of hydrogen-bond acceptors (Lipinski definition) is 4. The van der Waals surface area contributed by atoms with Crippen molar-refractivity contribution < 1.29 is 22.4 Å². The van der Waals surface area contributed by atoms with Gasteiger partial charge in [-0.15, -0.1) is 0 Å². The molecule has 0 aliphatic carbocycles. The third kappa shape index (κ3) is 6.82. The molecule has 39 heavy (non-hydrogen) atoms. The summed E-state index contributed by atoms with van der Waals surface area (Å²) < 4.78 is 44.1. The molecule has 0 amide bonds. The van der Waals surface area contributed by atoms with Crippen molar-refractivity contribution in [2.45, 2.75) is 24.3 Å². The van der Waals surface area contributed by atoms with Gasteiger partial charge in [-0.3, -0.25) is 9.59 Å². The Morgan fingerprint density at radius 3 is 2.00 bits per heavy atom. The summed E-state index contributed by atoms with van der Waals surface area (Å²) in [7, 11) is -4.15. The number of benzene rings is 4. The molecule has 7 heteroatoms. The number of sulfonamides is 1. The van der Waals surface area contributed by atoms with E-state index in [2.05, 4.69) is 11.3 Å². The highest BCUT2D eigenvalue weighted by Gasteiger charge is 2.35. The fourth-order valence-electron chi connectivity index (χ4n) is 4.37. The Hall–Kier alpha value is -4.20. The van der Waals surface area contributed by atoms with Crippen molar-refractivity contribution in [3.05, 3.63) is 149 Å². The standard InChI is InChI=1S/C32H28FNO4S/c1-22-16-18-28(19-17-22)39(37,38)34-30(26-14-9-15-27(33)21-26)29(32(36)25-12-7-4-8-13-25)20-23(2)31(35)24-10-5-3-6-11-24/h3-19,21,29-30,34H,2,20H2,1H3/t29-,30-/m1/s1. The zero-order valence-corrected chi connectivity index (χ0v) is 22.2. The number of hydrogen-bond donors (Lipinski definition) is 1. The Balaban J connectivity index is 1.80. The summed E-state index contributed by atoms with van der Waals surface area (Å²) in [5, 5.41) is 0. The van der Waals surface area contributed by atoms with Crippen molar-refractivity contribution in [1.82, 2.24) is 4.72 Å². The van der Waals surface area contributed by atoms with Crippen LogP contribution in [0.3, 0.4) is 0 Å². The second kappa shape index (κ2) is 12.1. The number of rotatable bonds is 11. The van der Waals surface area contributed by atoms with Crippen LogP contribution in [0.5, 0.6) is 0 Å². The van der Waals surface area contributed by atoms with E-state index in [4.69, 9.17) is 0 Å². The van der Waals surface area contributed by atoms with Crippen LogP contribution in [-0.4, -0.2) is 20.0 Å². The molecular weight excluding hydrogens is 513 g/mol. The molecule has 0 saturated carbocycles. The van der Waals surface area contributed by atoms with Gasteiger partial charge >= 0.3 is 0 Å². The highest BCUT2D eigenvalue weighted by Crippen LogP contribution is 2.33. The third-order valence-corrected chi connectivity index (χ3v) is 7.90. The van der Waals surface area contributed by atoms with Gasteiger partial charge < -0.3 is 0 Å². The molecule has 198 valence electrons. The van der Waals surface area contributed by atoms with E-state index in [1.165, 1.54) is 30.3 Å². The maximum atomic E-state index is 14.4. The summed E-state index contributed by atoms with van der Waals surface area (Å²) in [5.41, 5.74) is 1.99. The highest BCUT2D eigenvalue weighted by molar-refractivity contribution is 7.89. The van der Waals surface area contributed by atoms with Gasteiger partial charge in [0.25, 0.3) is 0 Å². The van der Waals surface area contributed by atoms with E-state index in [9.17, 15) is 22.4 Å². The molecule has 4 rings (SSSR count). The summed E-state index contributed by atoms with van der Waals surface area (Å²) in [6.07, 6.45) is -0.154. The molecule has 0 radical (unpaired) electrons. The Morgan fingerprint density at radius 1 is 0.821 bits per heavy atom. The zero-order chi connectivity index (χ0) is 28.0. The predicted molar refractivity (Wildman–Crippen MR) is 149 cm³/mol. The quantitative estimate of drug-likeness (QED) is 0.174. The van der Waals surface area contributed by atoms with Crippen molar-refractivity contribution in [1.29, 1.82) is 0 Å². The zero-order valence-electron chi connectivity index (χ0n) is 21.4. The van der Waals surface area contributed by atoms with Crippen molar-refractivity contribution >= 4 is 21.6 Å². The average molecular weight is 542 g/mol. The molecule has 4 aromatic rings. The first kappa shape index (κ1) is 27.8. The van der Waals surface area contributed by atoms with Gasteiger partial charge in [0.05, 0.1) is 10.9 Å². The van der Waals surface area contributed by atoms with E-state index < -0.39 is 33.6 Å². The first-order valence-electron chi connectivity index (χ1n) is 12.4. The fourth-order valence-corrected chi connectivity index (χ4v) is 5.63. The lowest BCUT2D eigenvalue weighted by atomic mass is 9.81. The van der Waals surface area contributed by atoms with Crippen LogP contribution in [0.25, 0.3) is 0 Å². The van der Waals surface area contributed by atoms with Crippen molar-refractivity contribution in [3.8, 4) is 0 Å². The van der Waals surface area contributed by atoms with Crippen LogP contribution in [-0.2, 0) is 10.0 Å². The molecule has 0 heterocycles. The molecule has 0 bridgehead atoms. The number of Topliss-reactive ketones (excluding diaryl/α,β-unsaturated/α-hetero) is 2. The molecule has 1 N–H and O–H groups in total. The normalized spacial score (nSPS) is 12.9. The maximum Gasteiger partial charge on any atom is 0.241 e. The molecule has 0 aliphatic rings. The van der Waals surface area contributed by atoms with Crippen LogP contribution in [0.2, 0.25) is 0 Å². The predicted octanol–water partition coefficient (Wildman–Crippen LogP) is 6.48. The lowest BCUT2D eigenvalue weighted by Crippen LogP contribution is -2.37. The molecular formula is C32H28FNO4S. The van der Waals surface area contributed by atoms with Gasteiger partial charge in [0.1, 0.15) is 5.82 Å². The van der Waals surface area contributed by atoms with Gasteiger partial charge in [-0.25, -0.2) is 17.5 Å². The fraction of sp³-hybridized carbons (Fsp3) is 0.125. The monoisotopic (exact) mass is 541 g/mol. The molecule has 5 nitrogen and oxygen atoms in total.